The second-order valence-electron chi connectivity index (χ2n) is 5.26. The monoisotopic (exact) mass is 261 g/mol. The number of carboxylic acid groups (broad SMARTS) is 1. The predicted octanol–water partition coefficient (Wildman–Crippen LogP) is 3.28. The summed E-state index contributed by atoms with van der Waals surface area (Å²) < 4.78 is 2.08. The van der Waals surface area contributed by atoms with Crippen molar-refractivity contribution in [3.05, 3.63) is 35.0 Å². The topological polar surface area (TPSA) is 62.5 Å². The van der Waals surface area contributed by atoms with Crippen LogP contribution in [0.25, 0.3) is 10.9 Å². The van der Waals surface area contributed by atoms with E-state index in [0.29, 0.717) is 0 Å². The molecule has 1 unspecified atom stereocenters. The number of hydrogen-bond donors (Lipinski definition) is 2. The van der Waals surface area contributed by atoms with Gasteiger partial charge in [0, 0.05) is 23.2 Å². The van der Waals surface area contributed by atoms with Crippen molar-refractivity contribution in [2.24, 2.45) is 0 Å². The van der Waals surface area contributed by atoms with E-state index >= 15 is 0 Å². The number of aromatic carboxylic acids is 1. The summed E-state index contributed by atoms with van der Waals surface area (Å²) in [5.74, 6) is -0.946. The van der Waals surface area contributed by atoms with Crippen molar-refractivity contribution in [2.45, 2.75) is 39.8 Å². The smallest absolute Gasteiger partial charge is 0.335 e. The summed E-state index contributed by atoms with van der Waals surface area (Å²) >= 11 is 0. The van der Waals surface area contributed by atoms with Gasteiger partial charge in [0.1, 0.15) is 0 Å². The maximum absolute atomic E-state index is 11.1. The fourth-order valence-corrected chi connectivity index (χ4v) is 2.49. The van der Waals surface area contributed by atoms with Crippen molar-refractivity contribution < 1.29 is 15.0 Å². The van der Waals surface area contributed by atoms with Crippen molar-refractivity contribution >= 4 is 16.9 Å². The molecule has 0 aliphatic heterocycles. The largest absolute Gasteiger partial charge is 0.478 e. The van der Waals surface area contributed by atoms with Crippen molar-refractivity contribution in [3.8, 4) is 0 Å². The molecule has 0 radical (unpaired) electrons. The maximum Gasteiger partial charge on any atom is 0.335 e. The molecule has 0 saturated carbocycles. The molecule has 1 atom stereocenters. The number of hydrogen-bond acceptors (Lipinski definition) is 2. The Hall–Kier alpha value is -1.81. The molecule has 0 saturated heterocycles. The summed E-state index contributed by atoms with van der Waals surface area (Å²) in [6, 6.07) is 3.57. The van der Waals surface area contributed by atoms with Gasteiger partial charge in [-0.15, -0.1) is 0 Å². The summed E-state index contributed by atoms with van der Waals surface area (Å²) in [6.45, 7) is 7.73. The molecule has 102 valence electrons. The quantitative estimate of drug-likeness (QED) is 0.891. The molecule has 1 aromatic heterocycles. The van der Waals surface area contributed by atoms with Crippen LogP contribution in [0.3, 0.4) is 0 Å². The Morgan fingerprint density at radius 1 is 1.26 bits per heavy atom. The van der Waals surface area contributed by atoms with E-state index in [2.05, 4.69) is 18.4 Å². The molecule has 4 heteroatoms. The Morgan fingerprint density at radius 2 is 1.89 bits per heavy atom. The summed E-state index contributed by atoms with van der Waals surface area (Å²) in [5.41, 5.74) is 2.94. The van der Waals surface area contributed by atoms with E-state index in [1.807, 2.05) is 13.1 Å². The molecule has 1 heterocycles. The van der Waals surface area contributed by atoms with E-state index in [1.54, 1.807) is 19.1 Å². The molecule has 0 aliphatic carbocycles. The molecular weight excluding hydrogens is 242 g/mol. The molecule has 0 amide bonds. The minimum atomic E-state index is -0.946. The summed E-state index contributed by atoms with van der Waals surface area (Å²) in [4.78, 5) is 11.1. The second-order valence-corrected chi connectivity index (χ2v) is 5.26. The van der Waals surface area contributed by atoms with Crippen LogP contribution in [-0.2, 0) is 0 Å². The third kappa shape index (κ3) is 2.24. The van der Waals surface area contributed by atoms with Crippen LogP contribution < -0.4 is 0 Å². The number of aromatic nitrogens is 1. The molecule has 4 nitrogen and oxygen atoms in total. The van der Waals surface area contributed by atoms with Gasteiger partial charge in [-0.3, -0.25) is 0 Å². The molecule has 2 aromatic rings. The van der Waals surface area contributed by atoms with E-state index in [0.717, 1.165) is 22.0 Å². The molecule has 1 aromatic carbocycles. The van der Waals surface area contributed by atoms with Crippen molar-refractivity contribution in [3.63, 3.8) is 0 Å². The van der Waals surface area contributed by atoms with Gasteiger partial charge in [0.05, 0.1) is 17.2 Å². The standard InChI is InChI=1S/C15H19NO3/c1-8(2)16-7-13(10(4)17)12-6-11(15(18)19)5-9(3)14(12)16/h5-8,10,17H,1-4H3,(H,18,19). The first-order chi connectivity index (χ1) is 8.82. The number of nitrogens with zero attached hydrogens (tertiary/aromatic N) is 1. The average molecular weight is 261 g/mol. The van der Waals surface area contributed by atoms with Gasteiger partial charge in [0.15, 0.2) is 0 Å². The van der Waals surface area contributed by atoms with Crippen LogP contribution in [0, 0.1) is 6.92 Å². The number of benzene rings is 1. The SMILES string of the molecule is Cc1cc(C(=O)O)cc2c(C(C)O)cn(C(C)C)c12. The van der Waals surface area contributed by atoms with Gasteiger partial charge in [-0.1, -0.05) is 0 Å². The van der Waals surface area contributed by atoms with Crippen LogP contribution in [0.5, 0.6) is 0 Å². The minimum absolute atomic E-state index is 0.254. The lowest BCUT2D eigenvalue weighted by Crippen LogP contribution is -2.01. The van der Waals surface area contributed by atoms with Crippen LogP contribution in [-0.4, -0.2) is 20.7 Å². The van der Waals surface area contributed by atoms with Gasteiger partial charge in [-0.2, -0.15) is 0 Å². The van der Waals surface area contributed by atoms with Crippen LogP contribution >= 0.6 is 0 Å². The van der Waals surface area contributed by atoms with Crippen LogP contribution in [0.2, 0.25) is 0 Å². The number of aryl methyl sites for hydroxylation is 1. The van der Waals surface area contributed by atoms with E-state index in [9.17, 15) is 9.90 Å². The molecule has 19 heavy (non-hydrogen) atoms. The Morgan fingerprint density at radius 3 is 2.37 bits per heavy atom. The summed E-state index contributed by atoms with van der Waals surface area (Å²) in [7, 11) is 0. The molecular formula is C15H19NO3. The number of aliphatic hydroxyl groups excluding tert-OH is 1. The lowest BCUT2D eigenvalue weighted by atomic mass is 10.0. The van der Waals surface area contributed by atoms with Crippen molar-refractivity contribution in [2.75, 3.05) is 0 Å². The first-order valence-electron chi connectivity index (χ1n) is 6.39. The van der Waals surface area contributed by atoms with Crippen LogP contribution in [0.4, 0.5) is 0 Å². The van der Waals surface area contributed by atoms with Gasteiger partial charge in [-0.25, -0.2) is 4.79 Å². The Labute approximate surface area is 112 Å². The molecule has 0 aliphatic rings. The highest BCUT2D eigenvalue weighted by Gasteiger charge is 2.18. The number of rotatable bonds is 3. The van der Waals surface area contributed by atoms with Gasteiger partial charge in [0.25, 0.3) is 0 Å². The van der Waals surface area contributed by atoms with E-state index in [-0.39, 0.29) is 11.6 Å². The lowest BCUT2D eigenvalue weighted by molar-refractivity contribution is 0.0697. The van der Waals surface area contributed by atoms with Crippen LogP contribution in [0.1, 0.15) is 54.4 Å². The van der Waals surface area contributed by atoms with Crippen LogP contribution in [0.15, 0.2) is 18.3 Å². The first-order valence-corrected chi connectivity index (χ1v) is 6.39. The van der Waals surface area contributed by atoms with E-state index in [4.69, 9.17) is 5.11 Å². The lowest BCUT2D eigenvalue weighted by Gasteiger charge is -2.11. The van der Waals surface area contributed by atoms with Crippen molar-refractivity contribution in [1.82, 2.24) is 4.57 Å². The van der Waals surface area contributed by atoms with Gasteiger partial charge in [-0.05, 0) is 45.4 Å². The van der Waals surface area contributed by atoms with E-state index in [1.165, 1.54) is 0 Å². The third-order valence-electron chi connectivity index (χ3n) is 3.40. The molecule has 2 N–H and O–H groups in total. The predicted molar refractivity (Wildman–Crippen MR) is 74.7 cm³/mol. The Bertz CT molecular complexity index is 638. The van der Waals surface area contributed by atoms with Gasteiger partial charge < -0.3 is 14.8 Å². The summed E-state index contributed by atoms with van der Waals surface area (Å²) in [6.07, 6.45) is 1.30. The van der Waals surface area contributed by atoms with E-state index < -0.39 is 12.1 Å². The molecule has 0 bridgehead atoms. The minimum Gasteiger partial charge on any atom is -0.478 e. The number of aliphatic hydroxyl groups is 1. The molecule has 0 spiro atoms. The fraction of sp³-hybridized carbons (Fsp3) is 0.400. The zero-order valence-electron chi connectivity index (χ0n) is 11.6. The highest BCUT2D eigenvalue weighted by molar-refractivity contribution is 5.96. The zero-order chi connectivity index (χ0) is 14.3. The highest BCUT2D eigenvalue weighted by atomic mass is 16.4. The average Bonchev–Trinajstić information content (AvgIpc) is 2.68. The van der Waals surface area contributed by atoms with Gasteiger partial charge >= 0.3 is 5.97 Å². The third-order valence-corrected chi connectivity index (χ3v) is 3.40. The Balaban J connectivity index is 2.86. The second kappa shape index (κ2) is 4.70. The zero-order valence-corrected chi connectivity index (χ0v) is 11.6. The molecule has 2 rings (SSSR count). The molecule has 0 fully saturated rings. The fourth-order valence-electron chi connectivity index (χ4n) is 2.49. The maximum atomic E-state index is 11.1. The van der Waals surface area contributed by atoms with Gasteiger partial charge in [0.2, 0.25) is 0 Å². The first kappa shape index (κ1) is 13.6. The number of carbonyl (C=O) groups is 1. The normalized spacial score (nSPS) is 13.2. The number of fused-ring (bicyclic) bond motifs is 1. The van der Waals surface area contributed by atoms with Crippen molar-refractivity contribution in [1.29, 1.82) is 0 Å². The Kier molecular flexibility index (Phi) is 3.37. The summed E-state index contributed by atoms with van der Waals surface area (Å²) in [5, 5.41) is 19.8. The highest BCUT2D eigenvalue weighted by Crippen LogP contribution is 2.32. The number of carboxylic acids is 1.